The van der Waals surface area contributed by atoms with Crippen LogP contribution >= 0.6 is 11.6 Å². The van der Waals surface area contributed by atoms with Gasteiger partial charge in [-0.1, -0.05) is 11.6 Å². The Bertz CT molecular complexity index is 499. The molecule has 0 aliphatic carbocycles. The highest BCUT2D eigenvalue weighted by Gasteiger charge is 2.31. The van der Waals surface area contributed by atoms with Crippen molar-refractivity contribution in [1.29, 1.82) is 0 Å². The van der Waals surface area contributed by atoms with Gasteiger partial charge >= 0.3 is 12.3 Å². The molecule has 0 radical (unpaired) electrons. The summed E-state index contributed by atoms with van der Waals surface area (Å²) in [4.78, 5) is 22.1. The van der Waals surface area contributed by atoms with E-state index in [1.54, 1.807) is 0 Å². The molecule has 0 N–H and O–H groups in total. The zero-order chi connectivity index (χ0) is 14.6. The minimum atomic E-state index is -4.87. The summed E-state index contributed by atoms with van der Waals surface area (Å²) >= 11 is 5.68. The van der Waals surface area contributed by atoms with E-state index in [1.807, 2.05) is 0 Å². The largest absolute Gasteiger partial charge is 0.573 e. The number of carbonyl (C=O) groups is 2. The summed E-state index contributed by atoms with van der Waals surface area (Å²) < 4.78 is 44.2. The third-order valence-electron chi connectivity index (χ3n) is 1.88. The average Bonchev–Trinajstić information content (AvgIpc) is 2.26. The summed E-state index contributed by atoms with van der Waals surface area (Å²) in [5.41, 5.74) is -0.218. The first kappa shape index (κ1) is 15.3. The molecule has 19 heavy (non-hydrogen) atoms. The van der Waals surface area contributed by atoms with E-state index in [2.05, 4.69) is 9.47 Å². The van der Waals surface area contributed by atoms with Gasteiger partial charge in [0.15, 0.2) is 6.61 Å². The van der Waals surface area contributed by atoms with Gasteiger partial charge in [-0.05, 0) is 18.2 Å². The normalized spacial score (nSPS) is 11.0. The quantitative estimate of drug-likeness (QED) is 0.633. The lowest BCUT2D eigenvalue weighted by Crippen LogP contribution is -2.18. The van der Waals surface area contributed by atoms with Crippen molar-refractivity contribution in [3.05, 3.63) is 28.8 Å². The Kier molecular flexibility index (Phi) is 4.77. The summed E-state index contributed by atoms with van der Waals surface area (Å²) in [6.07, 6.45) is -4.87. The number of hydrogen-bond donors (Lipinski definition) is 0. The van der Waals surface area contributed by atoms with Crippen molar-refractivity contribution in [3.63, 3.8) is 0 Å². The molecule has 0 saturated carbocycles. The van der Waals surface area contributed by atoms with Gasteiger partial charge in [0.05, 0.1) is 5.02 Å². The fraction of sp³-hybridized carbons (Fsp3) is 0.273. The molecule has 8 heteroatoms. The molecule has 0 unspecified atom stereocenters. The maximum atomic E-state index is 12.0. The zero-order valence-corrected chi connectivity index (χ0v) is 10.3. The highest BCUT2D eigenvalue weighted by atomic mass is 35.5. The number of ketones is 1. The van der Waals surface area contributed by atoms with Gasteiger partial charge in [-0.15, -0.1) is 13.2 Å². The highest BCUT2D eigenvalue weighted by molar-refractivity contribution is 6.34. The summed E-state index contributed by atoms with van der Waals surface area (Å²) in [5, 5.41) is -0.0633. The van der Waals surface area contributed by atoms with Gasteiger partial charge in [0.1, 0.15) is 5.75 Å². The minimum absolute atomic E-state index is 0.0633. The third-order valence-corrected chi connectivity index (χ3v) is 2.21. The Hall–Kier alpha value is -1.76. The number of halogens is 4. The average molecular weight is 297 g/mol. The van der Waals surface area contributed by atoms with Gasteiger partial charge < -0.3 is 9.47 Å². The van der Waals surface area contributed by atoms with Crippen LogP contribution in [0.5, 0.6) is 5.75 Å². The van der Waals surface area contributed by atoms with Crippen LogP contribution in [0.3, 0.4) is 0 Å². The van der Waals surface area contributed by atoms with Crippen molar-refractivity contribution in [1.82, 2.24) is 0 Å². The topological polar surface area (TPSA) is 52.6 Å². The molecule has 1 aromatic carbocycles. The van der Waals surface area contributed by atoms with Crippen LogP contribution in [0.2, 0.25) is 5.02 Å². The molecule has 0 aliphatic heterocycles. The molecule has 0 atom stereocenters. The Morgan fingerprint density at radius 2 is 1.95 bits per heavy atom. The standard InChI is InChI=1S/C11H8ClF3O4/c1-6(16)18-5-10(17)8-4-7(2-3-9(8)12)19-11(13,14)15/h2-4H,5H2,1H3. The van der Waals surface area contributed by atoms with Crippen molar-refractivity contribution >= 4 is 23.4 Å². The van der Waals surface area contributed by atoms with Gasteiger partial charge in [0, 0.05) is 12.5 Å². The number of ether oxygens (including phenoxy) is 2. The smallest absolute Gasteiger partial charge is 0.457 e. The zero-order valence-electron chi connectivity index (χ0n) is 9.58. The summed E-state index contributed by atoms with van der Waals surface area (Å²) in [5.74, 6) is -2.00. The fourth-order valence-electron chi connectivity index (χ4n) is 1.16. The lowest BCUT2D eigenvalue weighted by Gasteiger charge is -2.10. The van der Waals surface area contributed by atoms with Crippen LogP contribution in [0.4, 0.5) is 13.2 Å². The Labute approximate surface area is 111 Å². The molecule has 1 rings (SSSR count). The summed E-state index contributed by atoms with van der Waals surface area (Å²) in [6.45, 7) is 0.489. The molecule has 0 amide bonds. The molecule has 4 nitrogen and oxygen atoms in total. The van der Waals surface area contributed by atoms with Crippen LogP contribution in [0, 0.1) is 0 Å². The van der Waals surface area contributed by atoms with Crippen molar-refractivity contribution in [2.45, 2.75) is 13.3 Å². The number of alkyl halides is 3. The molecule has 0 aromatic heterocycles. The van der Waals surface area contributed by atoms with Crippen LogP contribution in [0.1, 0.15) is 17.3 Å². The molecular weight excluding hydrogens is 289 g/mol. The monoisotopic (exact) mass is 296 g/mol. The predicted molar refractivity (Wildman–Crippen MR) is 59.1 cm³/mol. The lowest BCUT2D eigenvalue weighted by atomic mass is 10.1. The van der Waals surface area contributed by atoms with E-state index in [4.69, 9.17) is 11.6 Å². The second-order valence-corrected chi connectivity index (χ2v) is 3.80. The van der Waals surface area contributed by atoms with E-state index in [9.17, 15) is 22.8 Å². The molecule has 0 saturated heterocycles. The molecule has 0 bridgehead atoms. The molecule has 0 heterocycles. The van der Waals surface area contributed by atoms with Crippen LogP contribution in [0.15, 0.2) is 18.2 Å². The van der Waals surface area contributed by atoms with E-state index in [0.717, 1.165) is 25.1 Å². The van der Waals surface area contributed by atoms with Gasteiger partial charge in [-0.3, -0.25) is 9.59 Å². The molecular formula is C11H8ClF3O4. The van der Waals surface area contributed by atoms with Crippen molar-refractivity contribution in [3.8, 4) is 5.75 Å². The number of esters is 1. The maximum Gasteiger partial charge on any atom is 0.573 e. The summed E-state index contributed by atoms with van der Waals surface area (Å²) in [7, 11) is 0. The molecule has 1 aromatic rings. The Morgan fingerprint density at radius 3 is 2.47 bits per heavy atom. The van der Waals surface area contributed by atoms with Gasteiger partial charge in [0.2, 0.25) is 5.78 Å². The second-order valence-electron chi connectivity index (χ2n) is 3.39. The van der Waals surface area contributed by atoms with Gasteiger partial charge in [0.25, 0.3) is 0 Å². The number of benzene rings is 1. The van der Waals surface area contributed by atoms with Crippen LogP contribution in [-0.2, 0) is 9.53 Å². The lowest BCUT2D eigenvalue weighted by molar-refractivity contribution is -0.274. The number of hydrogen-bond acceptors (Lipinski definition) is 4. The van der Waals surface area contributed by atoms with E-state index in [-0.39, 0.29) is 10.6 Å². The highest BCUT2D eigenvalue weighted by Crippen LogP contribution is 2.27. The first-order valence-corrected chi connectivity index (χ1v) is 5.28. The Morgan fingerprint density at radius 1 is 1.32 bits per heavy atom. The van der Waals surface area contributed by atoms with Crippen LogP contribution in [0.25, 0.3) is 0 Å². The number of Topliss-reactive ketones (excluding diaryl/α,β-unsaturated/α-hetero) is 1. The van der Waals surface area contributed by atoms with E-state index in [0.29, 0.717) is 0 Å². The van der Waals surface area contributed by atoms with E-state index < -0.39 is 30.5 Å². The number of rotatable bonds is 4. The summed E-state index contributed by atoms with van der Waals surface area (Å²) in [6, 6.07) is 2.89. The maximum absolute atomic E-state index is 12.0. The predicted octanol–water partition coefficient (Wildman–Crippen LogP) is 2.98. The van der Waals surface area contributed by atoms with E-state index >= 15 is 0 Å². The van der Waals surface area contributed by atoms with E-state index in [1.165, 1.54) is 0 Å². The van der Waals surface area contributed by atoms with Crippen LogP contribution in [-0.4, -0.2) is 24.7 Å². The van der Waals surface area contributed by atoms with Crippen molar-refractivity contribution in [2.24, 2.45) is 0 Å². The van der Waals surface area contributed by atoms with Crippen molar-refractivity contribution < 1.29 is 32.2 Å². The SMILES string of the molecule is CC(=O)OCC(=O)c1cc(OC(F)(F)F)ccc1Cl. The molecule has 0 fully saturated rings. The van der Waals surface area contributed by atoms with Crippen LogP contribution < -0.4 is 4.74 Å². The third kappa shape index (κ3) is 5.17. The van der Waals surface area contributed by atoms with Gasteiger partial charge in [-0.25, -0.2) is 0 Å². The molecule has 0 spiro atoms. The minimum Gasteiger partial charge on any atom is -0.457 e. The Balaban J connectivity index is 2.91. The van der Waals surface area contributed by atoms with Crippen molar-refractivity contribution in [2.75, 3.05) is 6.61 Å². The number of carbonyl (C=O) groups excluding carboxylic acids is 2. The molecule has 0 aliphatic rings. The first-order valence-electron chi connectivity index (χ1n) is 4.91. The molecule has 104 valence electrons. The van der Waals surface area contributed by atoms with Gasteiger partial charge in [-0.2, -0.15) is 0 Å². The first-order chi connectivity index (χ1) is 8.69. The second kappa shape index (κ2) is 5.92. The fourth-order valence-corrected chi connectivity index (χ4v) is 1.38.